The number of carbonyl (C=O) groups is 2. The van der Waals surface area contributed by atoms with Crippen molar-refractivity contribution in [1.29, 1.82) is 0 Å². The molecule has 2 aliphatic heterocycles. The minimum Gasteiger partial charge on any atom is -0.342 e. The van der Waals surface area contributed by atoms with Crippen LogP contribution in [0.5, 0.6) is 0 Å². The van der Waals surface area contributed by atoms with Crippen molar-refractivity contribution < 1.29 is 9.59 Å². The summed E-state index contributed by atoms with van der Waals surface area (Å²) in [6.07, 6.45) is 8.42. The highest BCUT2D eigenvalue weighted by Gasteiger charge is 2.35. The minimum atomic E-state index is 0.166. The molecule has 2 unspecified atom stereocenters. The van der Waals surface area contributed by atoms with E-state index in [1.165, 1.54) is 12.8 Å². The lowest BCUT2D eigenvalue weighted by molar-refractivity contribution is -0.143. The number of amides is 2. The van der Waals surface area contributed by atoms with Gasteiger partial charge in [0.25, 0.3) is 0 Å². The number of rotatable bonds is 2. The standard InChI is InChI=1S/C20H34N2O2/c1-15-5-3-11-21(13-15)19(23)17-7-9-18(10-8-17)20(24)22-12-4-6-16(2)14-22/h15-18H,3-14H2,1-2H3. The lowest BCUT2D eigenvalue weighted by Gasteiger charge is -2.38. The number of carbonyl (C=O) groups excluding carboxylic acids is 2. The Kier molecular flexibility index (Phi) is 5.83. The topological polar surface area (TPSA) is 40.6 Å². The average Bonchev–Trinajstić information content (AvgIpc) is 2.60. The van der Waals surface area contributed by atoms with Crippen molar-refractivity contribution in [3.8, 4) is 0 Å². The lowest BCUT2D eigenvalue weighted by atomic mass is 9.80. The Labute approximate surface area is 146 Å². The molecule has 3 fully saturated rings. The van der Waals surface area contributed by atoms with Crippen LogP contribution in [0, 0.1) is 23.7 Å². The van der Waals surface area contributed by atoms with Crippen molar-refractivity contribution in [2.45, 2.75) is 65.2 Å². The third kappa shape index (κ3) is 4.12. The molecule has 1 aliphatic carbocycles. The Morgan fingerprint density at radius 1 is 0.667 bits per heavy atom. The first-order valence-electron chi connectivity index (χ1n) is 10.1. The molecule has 3 aliphatic rings. The molecule has 2 atom stereocenters. The third-order valence-electron chi connectivity index (χ3n) is 6.36. The summed E-state index contributed by atoms with van der Waals surface area (Å²) >= 11 is 0. The summed E-state index contributed by atoms with van der Waals surface area (Å²) in [4.78, 5) is 29.7. The Morgan fingerprint density at radius 3 is 1.38 bits per heavy atom. The second-order valence-corrected chi connectivity index (χ2v) is 8.61. The molecule has 0 N–H and O–H groups in total. The molecule has 2 heterocycles. The second kappa shape index (κ2) is 7.88. The predicted molar refractivity (Wildman–Crippen MR) is 95.4 cm³/mol. The predicted octanol–water partition coefficient (Wildman–Crippen LogP) is 3.31. The van der Waals surface area contributed by atoms with E-state index in [0.717, 1.165) is 64.7 Å². The van der Waals surface area contributed by atoms with Crippen LogP contribution in [0.2, 0.25) is 0 Å². The van der Waals surface area contributed by atoms with Crippen molar-refractivity contribution in [3.63, 3.8) is 0 Å². The first-order chi connectivity index (χ1) is 11.5. The SMILES string of the molecule is CC1CCCN(C(=O)C2CCC(C(=O)N3CCCC(C)C3)CC2)C1. The van der Waals surface area contributed by atoms with E-state index in [1.807, 2.05) is 0 Å². The fraction of sp³-hybridized carbons (Fsp3) is 0.900. The van der Waals surface area contributed by atoms with Crippen LogP contribution >= 0.6 is 0 Å². The highest BCUT2D eigenvalue weighted by Crippen LogP contribution is 2.33. The van der Waals surface area contributed by atoms with Gasteiger partial charge in [0.2, 0.25) is 11.8 Å². The Morgan fingerprint density at radius 2 is 1.04 bits per heavy atom. The molecule has 2 saturated heterocycles. The summed E-state index contributed by atoms with van der Waals surface area (Å²) in [6.45, 7) is 8.23. The summed E-state index contributed by atoms with van der Waals surface area (Å²) in [7, 11) is 0. The van der Waals surface area contributed by atoms with E-state index >= 15 is 0 Å². The molecule has 4 heteroatoms. The van der Waals surface area contributed by atoms with Crippen LogP contribution in [0.15, 0.2) is 0 Å². The van der Waals surface area contributed by atoms with Crippen molar-refractivity contribution in [1.82, 2.24) is 9.80 Å². The van der Waals surface area contributed by atoms with Crippen molar-refractivity contribution in [3.05, 3.63) is 0 Å². The monoisotopic (exact) mass is 334 g/mol. The number of likely N-dealkylation sites (tertiary alicyclic amines) is 2. The largest absolute Gasteiger partial charge is 0.342 e. The Hall–Kier alpha value is -1.06. The molecule has 0 aromatic carbocycles. The maximum atomic E-state index is 12.8. The van der Waals surface area contributed by atoms with Crippen LogP contribution < -0.4 is 0 Å². The molecule has 0 aromatic rings. The van der Waals surface area contributed by atoms with Crippen molar-refractivity contribution >= 4 is 11.8 Å². The first kappa shape index (κ1) is 17.8. The summed E-state index contributed by atoms with van der Waals surface area (Å²) < 4.78 is 0. The van der Waals surface area contributed by atoms with Gasteiger partial charge in [0.1, 0.15) is 0 Å². The van der Waals surface area contributed by atoms with Crippen LogP contribution in [0.4, 0.5) is 0 Å². The highest BCUT2D eigenvalue weighted by atomic mass is 16.2. The van der Waals surface area contributed by atoms with Gasteiger partial charge in [-0.25, -0.2) is 0 Å². The number of hydrogen-bond donors (Lipinski definition) is 0. The Balaban J connectivity index is 1.48. The van der Waals surface area contributed by atoms with Gasteiger partial charge in [0, 0.05) is 38.0 Å². The molecule has 4 nitrogen and oxygen atoms in total. The van der Waals surface area contributed by atoms with Gasteiger partial charge >= 0.3 is 0 Å². The zero-order valence-electron chi connectivity index (χ0n) is 15.5. The van der Waals surface area contributed by atoms with Crippen LogP contribution in [0.3, 0.4) is 0 Å². The molecule has 1 saturated carbocycles. The molecule has 24 heavy (non-hydrogen) atoms. The molecular weight excluding hydrogens is 300 g/mol. The van der Waals surface area contributed by atoms with E-state index in [9.17, 15) is 9.59 Å². The van der Waals surface area contributed by atoms with E-state index in [2.05, 4.69) is 23.6 Å². The number of nitrogens with zero attached hydrogens (tertiary/aromatic N) is 2. The van der Waals surface area contributed by atoms with Gasteiger partial charge < -0.3 is 9.80 Å². The smallest absolute Gasteiger partial charge is 0.225 e. The molecule has 2 amide bonds. The van der Waals surface area contributed by atoms with Crippen molar-refractivity contribution in [2.24, 2.45) is 23.7 Å². The average molecular weight is 335 g/mol. The summed E-state index contributed by atoms with van der Waals surface area (Å²) in [5.74, 6) is 2.33. The maximum absolute atomic E-state index is 12.8. The fourth-order valence-electron chi connectivity index (χ4n) is 4.88. The van der Waals surface area contributed by atoms with E-state index in [0.29, 0.717) is 23.7 Å². The van der Waals surface area contributed by atoms with Crippen LogP contribution in [0.1, 0.15) is 65.2 Å². The molecule has 3 rings (SSSR count). The number of piperidine rings is 2. The zero-order chi connectivity index (χ0) is 17.1. The summed E-state index contributed by atoms with van der Waals surface area (Å²) in [6, 6.07) is 0. The molecule has 136 valence electrons. The van der Waals surface area contributed by atoms with E-state index in [-0.39, 0.29) is 11.8 Å². The van der Waals surface area contributed by atoms with Crippen LogP contribution in [0.25, 0.3) is 0 Å². The fourth-order valence-corrected chi connectivity index (χ4v) is 4.88. The molecule has 0 bridgehead atoms. The van der Waals surface area contributed by atoms with Gasteiger partial charge in [-0.15, -0.1) is 0 Å². The van der Waals surface area contributed by atoms with Gasteiger partial charge in [0.15, 0.2) is 0 Å². The van der Waals surface area contributed by atoms with Gasteiger partial charge in [-0.2, -0.15) is 0 Å². The van der Waals surface area contributed by atoms with Crippen molar-refractivity contribution in [2.75, 3.05) is 26.2 Å². The van der Waals surface area contributed by atoms with Crippen LogP contribution in [-0.4, -0.2) is 47.8 Å². The number of hydrogen-bond acceptors (Lipinski definition) is 2. The first-order valence-corrected chi connectivity index (χ1v) is 10.1. The summed E-state index contributed by atoms with van der Waals surface area (Å²) in [5.41, 5.74) is 0. The molecule has 0 radical (unpaired) electrons. The Bertz CT molecular complexity index is 415. The lowest BCUT2D eigenvalue weighted by Crippen LogP contribution is -2.45. The zero-order valence-corrected chi connectivity index (χ0v) is 15.5. The minimum absolute atomic E-state index is 0.166. The molecule has 0 aromatic heterocycles. The van der Waals surface area contributed by atoms with E-state index < -0.39 is 0 Å². The third-order valence-corrected chi connectivity index (χ3v) is 6.36. The van der Waals surface area contributed by atoms with Gasteiger partial charge in [0.05, 0.1) is 0 Å². The quantitative estimate of drug-likeness (QED) is 0.777. The van der Waals surface area contributed by atoms with Crippen LogP contribution in [-0.2, 0) is 9.59 Å². The highest BCUT2D eigenvalue weighted by molar-refractivity contribution is 5.81. The normalized spacial score (nSPS) is 34.9. The van der Waals surface area contributed by atoms with Gasteiger partial charge in [-0.05, 0) is 63.2 Å². The van der Waals surface area contributed by atoms with E-state index in [4.69, 9.17) is 0 Å². The van der Waals surface area contributed by atoms with Gasteiger partial charge in [-0.1, -0.05) is 13.8 Å². The molecule has 0 spiro atoms. The molecular formula is C20H34N2O2. The summed E-state index contributed by atoms with van der Waals surface area (Å²) in [5, 5.41) is 0. The maximum Gasteiger partial charge on any atom is 0.225 e. The van der Waals surface area contributed by atoms with E-state index in [1.54, 1.807) is 0 Å². The second-order valence-electron chi connectivity index (χ2n) is 8.61. The van der Waals surface area contributed by atoms with Gasteiger partial charge in [-0.3, -0.25) is 9.59 Å².